The number of anilines is 1. The molecule has 1 saturated carbocycles. The van der Waals surface area contributed by atoms with Gasteiger partial charge in [-0.25, -0.2) is 8.42 Å². The van der Waals surface area contributed by atoms with E-state index in [1.165, 1.54) is 23.1 Å². The number of sulfonamides is 1. The Labute approximate surface area is 274 Å². The zero-order valence-electron chi connectivity index (χ0n) is 24.7. The summed E-state index contributed by atoms with van der Waals surface area (Å²) in [6.07, 6.45) is 4.07. The van der Waals surface area contributed by atoms with Crippen LogP contribution in [0.5, 0.6) is 0 Å². The zero-order chi connectivity index (χ0) is 31.8. The summed E-state index contributed by atoms with van der Waals surface area (Å²) < 4.78 is 29.1. The molecular formula is C35H35Cl2N3O4S. The summed E-state index contributed by atoms with van der Waals surface area (Å²) in [5.41, 5.74) is 1.82. The molecule has 1 aliphatic carbocycles. The van der Waals surface area contributed by atoms with E-state index in [2.05, 4.69) is 5.32 Å². The molecule has 10 heteroatoms. The van der Waals surface area contributed by atoms with Crippen molar-refractivity contribution in [2.45, 2.75) is 55.6 Å². The maximum Gasteiger partial charge on any atom is 0.264 e. The molecule has 5 rings (SSSR count). The lowest BCUT2D eigenvalue weighted by molar-refractivity contribution is -0.140. The number of hydrogen-bond acceptors (Lipinski definition) is 4. The van der Waals surface area contributed by atoms with Crippen molar-refractivity contribution in [1.29, 1.82) is 0 Å². The van der Waals surface area contributed by atoms with Crippen LogP contribution in [0.3, 0.4) is 0 Å². The molecule has 1 aliphatic rings. The van der Waals surface area contributed by atoms with E-state index < -0.39 is 28.5 Å². The third-order valence-electron chi connectivity index (χ3n) is 7.92. The molecule has 7 nitrogen and oxygen atoms in total. The fraction of sp³-hybridized carbons (Fsp3) is 0.257. The van der Waals surface area contributed by atoms with Crippen molar-refractivity contribution in [1.82, 2.24) is 10.2 Å². The summed E-state index contributed by atoms with van der Waals surface area (Å²) in [7, 11) is -4.20. The summed E-state index contributed by atoms with van der Waals surface area (Å²) in [6, 6.07) is 30.0. The van der Waals surface area contributed by atoms with Crippen molar-refractivity contribution in [2.24, 2.45) is 0 Å². The number of hydrogen-bond donors (Lipinski definition) is 1. The van der Waals surface area contributed by atoms with Gasteiger partial charge < -0.3 is 10.2 Å². The van der Waals surface area contributed by atoms with Crippen LogP contribution >= 0.6 is 23.2 Å². The van der Waals surface area contributed by atoms with Gasteiger partial charge in [-0.05, 0) is 66.4 Å². The lowest BCUT2D eigenvalue weighted by atomic mass is 10.0. The molecule has 0 aliphatic heterocycles. The van der Waals surface area contributed by atoms with E-state index in [4.69, 9.17) is 23.2 Å². The molecular weight excluding hydrogens is 629 g/mol. The van der Waals surface area contributed by atoms with E-state index in [1.54, 1.807) is 54.6 Å². The van der Waals surface area contributed by atoms with Crippen LogP contribution in [0.25, 0.3) is 0 Å². The quantitative estimate of drug-likeness (QED) is 0.179. The standard InChI is InChI=1S/C35H35Cl2N3O4S/c36-28-14-9-13-27(21-28)24-39(33(22-26-11-3-1-4-12-26)35(42)38-30-16-7-8-17-30)34(41)25-40(31-18-10-15-29(37)23-31)45(43,44)32-19-5-2-6-20-32/h1-6,9-15,18-21,23,30,33H,7-8,16-17,22,24-25H2,(H,38,42). The van der Waals surface area contributed by atoms with Gasteiger partial charge in [0.1, 0.15) is 12.6 Å². The van der Waals surface area contributed by atoms with Gasteiger partial charge >= 0.3 is 0 Å². The highest BCUT2D eigenvalue weighted by atomic mass is 35.5. The largest absolute Gasteiger partial charge is 0.352 e. The number of carbonyl (C=O) groups is 2. The Morgan fingerprint density at radius 1 is 0.778 bits per heavy atom. The number of rotatable bonds is 12. The predicted molar refractivity (Wildman–Crippen MR) is 179 cm³/mol. The molecule has 4 aromatic rings. The Hall–Kier alpha value is -3.85. The maximum atomic E-state index is 14.5. The highest BCUT2D eigenvalue weighted by Crippen LogP contribution is 2.27. The summed E-state index contributed by atoms with van der Waals surface area (Å²) >= 11 is 12.6. The van der Waals surface area contributed by atoms with Crippen molar-refractivity contribution >= 4 is 50.7 Å². The van der Waals surface area contributed by atoms with Gasteiger partial charge in [0, 0.05) is 29.1 Å². The first-order valence-corrected chi connectivity index (χ1v) is 17.1. The van der Waals surface area contributed by atoms with Gasteiger partial charge in [0.2, 0.25) is 11.8 Å². The normalized spacial score (nSPS) is 14.1. The Morgan fingerprint density at radius 3 is 2.02 bits per heavy atom. The zero-order valence-corrected chi connectivity index (χ0v) is 27.0. The van der Waals surface area contributed by atoms with E-state index >= 15 is 0 Å². The van der Waals surface area contributed by atoms with E-state index in [0.29, 0.717) is 15.6 Å². The molecule has 1 unspecified atom stereocenters. The van der Waals surface area contributed by atoms with E-state index in [0.717, 1.165) is 35.6 Å². The van der Waals surface area contributed by atoms with Gasteiger partial charge in [0.05, 0.1) is 10.6 Å². The molecule has 0 heterocycles. The van der Waals surface area contributed by atoms with Crippen LogP contribution < -0.4 is 9.62 Å². The van der Waals surface area contributed by atoms with Crippen molar-refractivity contribution in [2.75, 3.05) is 10.8 Å². The Morgan fingerprint density at radius 2 is 1.38 bits per heavy atom. The second-order valence-corrected chi connectivity index (χ2v) is 13.9. The van der Waals surface area contributed by atoms with Crippen molar-refractivity contribution < 1.29 is 18.0 Å². The molecule has 4 aromatic carbocycles. The molecule has 2 amide bonds. The second kappa shape index (κ2) is 15.0. The summed E-state index contributed by atoms with van der Waals surface area (Å²) in [6.45, 7) is -0.510. The molecule has 234 valence electrons. The minimum Gasteiger partial charge on any atom is -0.352 e. The molecule has 1 fully saturated rings. The molecule has 0 radical (unpaired) electrons. The van der Waals surface area contributed by atoms with Crippen molar-refractivity contribution in [3.63, 3.8) is 0 Å². The maximum absolute atomic E-state index is 14.5. The van der Waals surface area contributed by atoms with Gasteiger partial charge in [-0.15, -0.1) is 0 Å². The topological polar surface area (TPSA) is 86.8 Å². The minimum absolute atomic E-state index is 0.0268. The second-order valence-electron chi connectivity index (χ2n) is 11.2. The predicted octanol–water partition coefficient (Wildman–Crippen LogP) is 6.89. The first kappa shape index (κ1) is 32.5. The third-order valence-corrected chi connectivity index (χ3v) is 10.2. The van der Waals surface area contributed by atoms with Crippen molar-refractivity contribution in [3.05, 3.63) is 130 Å². The lowest BCUT2D eigenvalue weighted by Crippen LogP contribution is -2.54. The van der Waals surface area contributed by atoms with E-state index in [1.807, 2.05) is 36.4 Å². The SMILES string of the molecule is O=C(NC1CCCC1)C(Cc1ccccc1)N(Cc1cccc(Cl)c1)C(=O)CN(c1cccc(Cl)c1)S(=O)(=O)c1ccccc1. The minimum atomic E-state index is -4.20. The van der Waals surface area contributed by atoms with Gasteiger partial charge in [-0.1, -0.05) is 103 Å². The van der Waals surface area contributed by atoms with Gasteiger partial charge in [0.25, 0.3) is 10.0 Å². The van der Waals surface area contributed by atoms with E-state index in [9.17, 15) is 18.0 Å². The third kappa shape index (κ3) is 8.45. The number of nitrogens with zero attached hydrogens (tertiary/aromatic N) is 2. The van der Waals surface area contributed by atoms with Crippen LogP contribution in [0.15, 0.2) is 114 Å². The molecule has 0 bridgehead atoms. The number of halogens is 2. The molecule has 0 aromatic heterocycles. The van der Waals surface area contributed by atoms with Crippen LogP contribution in [0.1, 0.15) is 36.8 Å². The molecule has 0 saturated heterocycles. The number of carbonyl (C=O) groups excluding carboxylic acids is 2. The fourth-order valence-corrected chi connectivity index (χ4v) is 7.46. The molecule has 45 heavy (non-hydrogen) atoms. The number of nitrogens with one attached hydrogen (secondary N) is 1. The number of amides is 2. The van der Waals surface area contributed by atoms with Crippen LogP contribution in [0.2, 0.25) is 10.0 Å². The van der Waals surface area contributed by atoms with Gasteiger partial charge in [-0.2, -0.15) is 0 Å². The van der Waals surface area contributed by atoms with Crippen LogP contribution in [-0.4, -0.2) is 43.8 Å². The monoisotopic (exact) mass is 663 g/mol. The lowest BCUT2D eigenvalue weighted by Gasteiger charge is -2.34. The molecule has 0 spiro atoms. The summed E-state index contributed by atoms with van der Waals surface area (Å²) in [4.78, 5) is 30.1. The fourth-order valence-electron chi connectivity index (χ4n) is 5.63. The average molecular weight is 665 g/mol. The highest BCUT2D eigenvalue weighted by molar-refractivity contribution is 7.92. The molecule has 1 atom stereocenters. The smallest absolute Gasteiger partial charge is 0.264 e. The van der Waals surface area contributed by atoms with Crippen LogP contribution in [0, 0.1) is 0 Å². The Bertz CT molecular complexity index is 1720. The summed E-state index contributed by atoms with van der Waals surface area (Å²) in [5, 5.41) is 3.98. The van der Waals surface area contributed by atoms with Crippen LogP contribution in [0.4, 0.5) is 5.69 Å². The van der Waals surface area contributed by atoms with Crippen molar-refractivity contribution in [3.8, 4) is 0 Å². The average Bonchev–Trinajstić information content (AvgIpc) is 3.55. The Kier molecular flexibility index (Phi) is 10.8. The van der Waals surface area contributed by atoms with Gasteiger partial charge in [0.15, 0.2) is 0 Å². The Balaban J connectivity index is 1.56. The first-order chi connectivity index (χ1) is 21.7. The highest BCUT2D eigenvalue weighted by Gasteiger charge is 2.35. The molecule has 1 N–H and O–H groups in total. The van der Waals surface area contributed by atoms with Gasteiger partial charge in [-0.3, -0.25) is 13.9 Å². The first-order valence-electron chi connectivity index (χ1n) is 14.9. The summed E-state index contributed by atoms with van der Waals surface area (Å²) in [5.74, 6) is -0.821. The number of benzene rings is 4. The van der Waals surface area contributed by atoms with Crippen LogP contribution in [-0.2, 0) is 32.6 Å². The van der Waals surface area contributed by atoms with E-state index in [-0.39, 0.29) is 35.5 Å².